The predicted octanol–water partition coefficient (Wildman–Crippen LogP) is 4.43. The van der Waals surface area contributed by atoms with E-state index in [1.807, 2.05) is 127 Å². The van der Waals surface area contributed by atoms with Crippen LogP contribution in [0.25, 0.3) is 0 Å². The van der Waals surface area contributed by atoms with Gasteiger partial charge in [-0.2, -0.15) is 0 Å². The molecule has 0 radical (unpaired) electrons. The average molecular weight is 587 g/mol. The molecule has 43 heavy (non-hydrogen) atoms. The number of carboxylic acid groups (broad SMARTS) is 2. The van der Waals surface area contributed by atoms with Crippen LogP contribution in [0, 0.1) is 0 Å². The molecule has 0 fully saturated rings. The highest BCUT2D eigenvalue weighted by atomic mass is 16.7. The Morgan fingerprint density at radius 3 is 1.40 bits per heavy atom. The van der Waals surface area contributed by atoms with E-state index in [2.05, 4.69) is 26.1 Å². The minimum atomic E-state index is -1.43. The maximum atomic E-state index is 10.5. The number of nitrogens with one attached hydrogen (secondary N) is 4. The summed E-state index contributed by atoms with van der Waals surface area (Å²) in [4.78, 5) is 41.8. The number of rotatable bonds is 8. The Morgan fingerprint density at radius 2 is 1.02 bits per heavy atom. The van der Waals surface area contributed by atoms with Gasteiger partial charge in [-0.1, -0.05) is 72.8 Å². The number of carbonyl (C=O) groups is 3. The van der Waals surface area contributed by atoms with Crippen molar-refractivity contribution in [3.8, 4) is 0 Å². The van der Waals surface area contributed by atoms with E-state index in [-0.39, 0.29) is 12.2 Å². The number of para-hydroxylation sites is 4. The highest BCUT2D eigenvalue weighted by Gasteiger charge is 2.03. The number of hydrogen-bond donors (Lipinski definition) is 7. The first kappa shape index (κ1) is 33.2. The fourth-order valence-corrected chi connectivity index (χ4v) is 2.90. The standard InChI is InChI=1S/C15H15N3O3.C13H13N3O.C2H2O3/c19-14(20)11-21-18-15(16-12-7-3-1-4-8-12)17-13-9-5-2-6-10-13;17-16-13(14-11-7-3-1-4-8-11)15-12-9-5-2-6-10-12;3-1-2(4)5/h1-10H,11H2,(H,19,20)(H2,16,17,18);1-10,17H,(H2,14,15,16);1H,(H,4,5). The van der Waals surface area contributed by atoms with Gasteiger partial charge in [-0.3, -0.25) is 14.8 Å². The largest absolute Gasteiger partial charge is 0.479 e. The molecule has 0 unspecified atom stereocenters. The van der Waals surface area contributed by atoms with Gasteiger partial charge < -0.3 is 20.8 Å². The Hall–Kier alpha value is -6.05. The smallest absolute Gasteiger partial charge is 0.368 e. The fourth-order valence-electron chi connectivity index (χ4n) is 2.90. The number of nitrogens with zero attached hydrogens (tertiary/aromatic N) is 2. The number of benzene rings is 4. The van der Waals surface area contributed by atoms with Crippen LogP contribution in [0.15, 0.2) is 131 Å². The molecule has 0 saturated heterocycles. The highest BCUT2D eigenvalue weighted by molar-refractivity contribution is 6.19. The predicted molar refractivity (Wildman–Crippen MR) is 163 cm³/mol. The quantitative estimate of drug-likeness (QED) is 0.0508. The van der Waals surface area contributed by atoms with Gasteiger partial charge in [0.2, 0.25) is 18.2 Å². The summed E-state index contributed by atoms with van der Waals surface area (Å²) in [6, 6.07) is 37.5. The molecule has 0 aromatic heterocycles. The molecular weight excluding hydrogens is 556 g/mol. The number of aldehydes is 1. The van der Waals surface area contributed by atoms with Crippen LogP contribution in [-0.2, 0) is 19.2 Å². The van der Waals surface area contributed by atoms with E-state index in [9.17, 15) is 4.79 Å². The first-order valence-electron chi connectivity index (χ1n) is 12.5. The lowest BCUT2D eigenvalue weighted by Gasteiger charge is -2.11. The number of carbonyl (C=O) groups excluding carboxylic acids is 1. The van der Waals surface area contributed by atoms with E-state index in [1.54, 1.807) is 0 Å². The van der Waals surface area contributed by atoms with Crippen LogP contribution in [0.5, 0.6) is 0 Å². The lowest BCUT2D eigenvalue weighted by atomic mass is 10.3. The summed E-state index contributed by atoms with van der Waals surface area (Å²) in [5.74, 6) is -1.91. The third-order valence-electron chi connectivity index (χ3n) is 4.64. The maximum Gasteiger partial charge on any atom is 0.368 e. The average Bonchev–Trinajstić information content (AvgIpc) is 3.03. The zero-order valence-electron chi connectivity index (χ0n) is 22.7. The van der Waals surface area contributed by atoms with Crippen molar-refractivity contribution in [2.45, 2.75) is 0 Å². The van der Waals surface area contributed by atoms with Crippen molar-refractivity contribution >= 4 is 52.9 Å². The molecule has 0 bridgehead atoms. The third kappa shape index (κ3) is 15.4. The summed E-state index contributed by atoms with van der Waals surface area (Å²) in [6.07, 6.45) is -0.167. The monoisotopic (exact) mass is 586 g/mol. The van der Waals surface area contributed by atoms with Crippen molar-refractivity contribution in [3.63, 3.8) is 0 Å². The summed E-state index contributed by atoms with van der Waals surface area (Å²) in [6.45, 7) is -0.468. The fraction of sp³-hybridized carbons (Fsp3) is 0.0333. The zero-order chi connectivity index (χ0) is 31.1. The second-order valence-electron chi connectivity index (χ2n) is 7.93. The van der Waals surface area contributed by atoms with Crippen molar-refractivity contribution in [2.24, 2.45) is 9.98 Å². The highest BCUT2D eigenvalue weighted by Crippen LogP contribution is 2.12. The molecule has 0 spiro atoms. The van der Waals surface area contributed by atoms with Crippen molar-refractivity contribution in [2.75, 3.05) is 17.2 Å². The van der Waals surface area contributed by atoms with E-state index < -0.39 is 18.5 Å². The summed E-state index contributed by atoms with van der Waals surface area (Å²) in [5, 5.41) is 30.9. The van der Waals surface area contributed by atoms with Crippen LogP contribution in [0.4, 0.5) is 22.7 Å². The van der Waals surface area contributed by atoms with Crippen LogP contribution in [0.2, 0.25) is 0 Å². The van der Waals surface area contributed by atoms with Gasteiger partial charge in [-0.05, 0) is 48.5 Å². The Bertz CT molecular complexity index is 1440. The van der Waals surface area contributed by atoms with Crippen LogP contribution in [-0.4, -0.2) is 52.2 Å². The second-order valence-corrected chi connectivity index (χ2v) is 7.93. The summed E-state index contributed by atoms with van der Waals surface area (Å²) >= 11 is 0. The summed E-state index contributed by atoms with van der Waals surface area (Å²) in [5.41, 5.74) is 7.67. The number of aliphatic imine (C=N–C) groups is 2. The van der Waals surface area contributed by atoms with Crippen molar-refractivity contribution in [3.05, 3.63) is 121 Å². The number of anilines is 2. The normalized spacial score (nSPS) is 10.4. The molecule has 222 valence electrons. The Kier molecular flexibility index (Phi) is 15.4. The molecule has 7 N–H and O–H groups in total. The van der Waals surface area contributed by atoms with E-state index >= 15 is 0 Å². The first-order valence-corrected chi connectivity index (χ1v) is 12.5. The van der Waals surface area contributed by atoms with Crippen molar-refractivity contribution < 1.29 is 34.6 Å². The zero-order valence-corrected chi connectivity index (χ0v) is 22.7. The van der Waals surface area contributed by atoms with Gasteiger partial charge in [-0.15, -0.1) is 0 Å². The van der Waals surface area contributed by atoms with Gasteiger partial charge in [0.05, 0.1) is 11.4 Å². The summed E-state index contributed by atoms with van der Waals surface area (Å²) in [7, 11) is 0. The molecule has 0 aliphatic heterocycles. The molecule has 0 aliphatic rings. The lowest BCUT2D eigenvalue weighted by molar-refractivity contribution is -0.144. The van der Waals surface area contributed by atoms with Crippen LogP contribution in [0.1, 0.15) is 0 Å². The van der Waals surface area contributed by atoms with E-state index in [4.69, 9.17) is 29.8 Å². The van der Waals surface area contributed by atoms with Crippen LogP contribution in [0.3, 0.4) is 0 Å². The molecule has 0 aliphatic carbocycles. The number of carboxylic acids is 2. The van der Waals surface area contributed by atoms with Gasteiger partial charge >= 0.3 is 11.9 Å². The minimum absolute atomic E-state index is 0.167. The molecule has 4 aromatic rings. The number of hydrogen-bond acceptors (Lipinski definition) is 7. The van der Waals surface area contributed by atoms with E-state index in [0.29, 0.717) is 11.6 Å². The minimum Gasteiger partial charge on any atom is -0.479 e. The van der Waals surface area contributed by atoms with Crippen molar-refractivity contribution in [1.29, 1.82) is 0 Å². The maximum absolute atomic E-state index is 10.5. The number of hydroxylamine groups is 2. The van der Waals surface area contributed by atoms with E-state index in [0.717, 1.165) is 17.1 Å². The molecule has 4 rings (SSSR count). The van der Waals surface area contributed by atoms with Gasteiger partial charge in [0.15, 0.2) is 6.61 Å². The third-order valence-corrected chi connectivity index (χ3v) is 4.64. The van der Waals surface area contributed by atoms with Crippen LogP contribution >= 0.6 is 0 Å². The molecule has 13 heteroatoms. The van der Waals surface area contributed by atoms with Gasteiger partial charge in [0, 0.05) is 11.4 Å². The molecular formula is C30H30N6O7. The second kappa shape index (κ2) is 19.9. The molecule has 13 nitrogen and oxygen atoms in total. The molecule has 0 amide bonds. The number of guanidine groups is 2. The topological polar surface area (TPSA) is 194 Å². The first-order chi connectivity index (χ1) is 20.9. The Labute approximate surface area is 247 Å². The SMILES string of the molecule is O=C(O)CONC(=Nc1ccccc1)Nc1ccccc1.O=CC(=O)O.ONC(=Nc1ccccc1)Nc1ccccc1. The van der Waals surface area contributed by atoms with Gasteiger partial charge in [-0.25, -0.2) is 30.5 Å². The van der Waals surface area contributed by atoms with E-state index in [1.165, 1.54) is 0 Å². The lowest BCUT2D eigenvalue weighted by Crippen LogP contribution is -2.32. The van der Waals surface area contributed by atoms with Crippen molar-refractivity contribution in [1.82, 2.24) is 11.0 Å². The van der Waals surface area contributed by atoms with Gasteiger partial charge in [0.25, 0.3) is 0 Å². The summed E-state index contributed by atoms with van der Waals surface area (Å²) < 4.78 is 0. The number of aliphatic carboxylic acids is 2. The molecule has 0 heterocycles. The van der Waals surface area contributed by atoms with Gasteiger partial charge in [0.1, 0.15) is 0 Å². The molecule has 4 aromatic carbocycles. The van der Waals surface area contributed by atoms with Crippen LogP contribution < -0.4 is 21.6 Å². The Balaban J connectivity index is 0.000000264. The Morgan fingerprint density at radius 1 is 0.651 bits per heavy atom. The molecule has 0 saturated carbocycles. The molecule has 0 atom stereocenters.